The van der Waals surface area contributed by atoms with Crippen LogP contribution in [0.4, 0.5) is 0 Å². The molecule has 30 heavy (non-hydrogen) atoms. The summed E-state index contributed by atoms with van der Waals surface area (Å²) in [7, 11) is 0. The minimum absolute atomic E-state index is 0.0161. The van der Waals surface area contributed by atoms with Crippen molar-refractivity contribution in [1.29, 1.82) is 0 Å². The molecule has 0 spiro atoms. The molecule has 0 unspecified atom stereocenters. The molecule has 152 valence electrons. The zero-order chi connectivity index (χ0) is 21.1. The molecular formula is C23H20N2O5. The van der Waals surface area contributed by atoms with E-state index < -0.39 is 23.5 Å². The first-order valence-corrected chi connectivity index (χ1v) is 9.54. The molecule has 1 amide bonds. The number of benzene rings is 1. The SMILES string of the molecule is CCOc1cccc([C@H]2C(C(=O)c3ccco3)=C(O)C(=O)N2Cc2ccncc2)c1. The smallest absolute Gasteiger partial charge is 0.290 e. The zero-order valence-corrected chi connectivity index (χ0v) is 16.3. The molecule has 1 N–H and O–H groups in total. The minimum atomic E-state index is -0.788. The molecule has 1 aliphatic heterocycles. The third kappa shape index (κ3) is 3.57. The van der Waals surface area contributed by atoms with Crippen LogP contribution in [0.1, 0.15) is 34.6 Å². The monoisotopic (exact) mass is 404 g/mol. The Bertz CT molecular complexity index is 1090. The highest BCUT2D eigenvalue weighted by Crippen LogP contribution is 2.40. The Kier molecular flexibility index (Phi) is 5.34. The summed E-state index contributed by atoms with van der Waals surface area (Å²) in [6.07, 6.45) is 4.63. The predicted octanol–water partition coefficient (Wildman–Crippen LogP) is 3.85. The number of amides is 1. The van der Waals surface area contributed by atoms with Crippen molar-refractivity contribution < 1.29 is 23.8 Å². The van der Waals surface area contributed by atoms with Crippen molar-refractivity contribution in [1.82, 2.24) is 9.88 Å². The Morgan fingerprint density at radius 1 is 1.20 bits per heavy atom. The predicted molar refractivity (Wildman–Crippen MR) is 108 cm³/mol. The Morgan fingerprint density at radius 2 is 2.00 bits per heavy atom. The Labute approximate surface area is 173 Å². The quantitative estimate of drug-likeness (QED) is 0.601. The summed E-state index contributed by atoms with van der Waals surface area (Å²) < 4.78 is 10.8. The Balaban J connectivity index is 1.80. The van der Waals surface area contributed by atoms with Crippen molar-refractivity contribution in [3.8, 4) is 5.75 Å². The number of carbonyl (C=O) groups is 2. The van der Waals surface area contributed by atoms with E-state index in [1.807, 2.05) is 6.92 Å². The van der Waals surface area contributed by atoms with Crippen LogP contribution >= 0.6 is 0 Å². The van der Waals surface area contributed by atoms with Crippen LogP contribution in [0.15, 0.2) is 82.9 Å². The van der Waals surface area contributed by atoms with E-state index in [1.54, 1.807) is 54.9 Å². The molecule has 0 bridgehead atoms. The lowest BCUT2D eigenvalue weighted by Gasteiger charge is -2.27. The van der Waals surface area contributed by atoms with Crippen molar-refractivity contribution in [3.05, 3.63) is 95.4 Å². The van der Waals surface area contributed by atoms with E-state index >= 15 is 0 Å². The summed E-state index contributed by atoms with van der Waals surface area (Å²) in [6.45, 7) is 2.55. The second-order valence-electron chi connectivity index (χ2n) is 6.77. The highest BCUT2D eigenvalue weighted by atomic mass is 16.5. The van der Waals surface area contributed by atoms with Crippen LogP contribution in [0, 0.1) is 0 Å². The average Bonchev–Trinajstić information content (AvgIpc) is 3.38. The van der Waals surface area contributed by atoms with Gasteiger partial charge in [0, 0.05) is 18.9 Å². The van der Waals surface area contributed by atoms with Crippen LogP contribution in [0.3, 0.4) is 0 Å². The number of hydrogen-bond donors (Lipinski definition) is 1. The standard InChI is InChI=1S/C23H20N2O5/c1-2-29-17-6-3-5-16(13-17)20-19(21(26)18-7-4-12-30-18)22(27)23(28)25(20)14-15-8-10-24-11-9-15/h3-13,20,27H,2,14H2,1H3/t20-/m0/s1. The molecule has 3 heterocycles. The molecule has 0 saturated carbocycles. The molecule has 0 fully saturated rings. The number of rotatable bonds is 7. The van der Waals surface area contributed by atoms with Gasteiger partial charge in [-0.1, -0.05) is 12.1 Å². The highest BCUT2D eigenvalue weighted by Gasteiger charge is 2.44. The summed E-state index contributed by atoms with van der Waals surface area (Å²) in [4.78, 5) is 31.6. The lowest BCUT2D eigenvalue weighted by molar-refractivity contribution is -0.130. The van der Waals surface area contributed by atoms with Crippen LogP contribution in [0.25, 0.3) is 0 Å². The fraction of sp³-hybridized carbons (Fsp3) is 0.174. The van der Waals surface area contributed by atoms with E-state index in [4.69, 9.17) is 9.15 Å². The average molecular weight is 404 g/mol. The summed E-state index contributed by atoms with van der Waals surface area (Å²) in [6, 6.07) is 13.0. The minimum Gasteiger partial charge on any atom is -0.503 e. The van der Waals surface area contributed by atoms with Crippen molar-refractivity contribution in [2.24, 2.45) is 0 Å². The van der Waals surface area contributed by atoms with Gasteiger partial charge in [-0.2, -0.15) is 0 Å². The van der Waals surface area contributed by atoms with E-state index in [9.17, 15) is 14.7 Å². The molecule has 0 radical (unpaired) electrons. The van der Waals surface area contributed by atoms with Gasteiger partial charge in [0.15, 0.2) is 11.5 Å². The maximum Gasteiger partial charge on any atom is 0.290 e. The third-order valence-corrected chi connectivity index (χ3v) is 4.88. The van der Waals surface area contributed by atoms with E-state index in [1.165, 1.54) is 17.2 Å². The van der Waals surface area contributed by atoms with Gasteiger partial charge < -0.3 is 19.2 Å². The molecule has 2 aromatic heterocycles. The second-order valence-corrected chi connectivity index (χ2v) is 6.77. The zero-order valence-electron chi connectivity index (χ0n) is 16.3. The molecular weight excluding hydrogens is 384 g/mol. The first-order valence-electron chi connectivity index (χ1n) is 9.54. The van der Waals surface area contributed by atoms with Crippen molar-refractivity contribution in [2.75, 3.05) is 6.61 Å². The second kappa shape index (κ2) is 8.24. The molecule has 4 rings (SSSR count). The number of ketones is 1. The molecule has 3 aromatic rings. The number of aliphatic hydroxyl groups is 1. The summed E-state index contributed by atoms with van der Waals surface area (Å²) in [5.74, 6) is -1.05. The van der Waals surface area contributed by atoms with Crippen molar-refractivity contribution >= 4 is 11.7 Å². The molecule has 7 nitrogen and oxygen atoms in total. The number of carbonyl (C=O) groups excluding carboxylic acids is 2. The maximum atomic E-state index is 13.1. The van der Waals surface area contributed by atoms with Crippen LogP contribution < -0.4 is 4.74 Å². The molecule has 7 heteroatoms. The maximum absolute atomic E-state index is 13.1. The largest absolute Gasteiger partial charge is 0.503 e. The van der Waals surface area contributed by atoms with Gasteiger partial charge in [-0.05, 0) is 54.4 Å². The third-order valence-electron chi connectivity index (χ3n) is 4.88. The van der Waals surface area contributed by atoms with E-state index in [2.05, 4.69) is 4.98 Å². The van der Waals surface area contributed by atoms with Crippen molar-refractivity contribution in [3.63, 3.8) is 0 Å². The summed E-state index contributed by atoms with van der Waals surface area (Å²) in [5.41, 5.74) is 1.46. The summed E-state index contributed by atoms with van der Waals surface area (Å²) in [5, 5.41) is 10.7. The number of nitrogens with zero attached hydrogens (tertiary/aromatic N) is 2. The Morgan fingerprint density at radius 3 is 2.70 bits per heavy atom. The van der Waals surface area contributed by atoms with Gasteiger partial charge in [0.2, 0.25) is 5.78 Å². The van der Waals surface area contributed by atoms with Gasteiger partial charge in [0.25, 0.3) is 5.91 Å². The number of pyridine rings is 1. The van der Waals surface area contributed by atoms with E-state index in [0.29, 0.717) is 17.9 Å². The topological polar surface area (TPSA) is 92.9 Å². The number of aliphatic hydroxyl groups excluding tert-OH is 1. The van der Waals surface area contributed by atoms with Crippen LogP contribution in [-0.4, -0.2) is 33.3 Å². The first kappa shape index (κ1) is 19.4. The van der Waals surface area contributed by atoms with Gasteiger partial charge in [-0.3, -0.25) is 14.6 Å². The van der Waals surface area contributed by atoms with Gasteiger partial charge in [-0.15, -0.1) is 0 Å². The number of Topliss-reactive ketones (excluding diaryl/α,β-unsaturated/α-hetero) is 1. The summed E-state index contributed by atoms with van der Waals surface area (Å²) >= 11 is 0. The normalized spacial score (nSPS) is 16.2. The number of aromatic nitrogens is 1. The lowest BCUT2D eigenvalue weighted by atomic mass is 9.94. The van der Waals surface area contributed by atoms with E-state index in [0.717, 1.165) is 5.56 Å². The molecule has 1 atom stereocenters. The van der Waals surface area contributed by atoms with Gasteiger partial charge in [0.1, 0.15) is 5.75 Å². The van der Waals surface area contributed by atoms with Crippen LogP contribution in [-0.2, 0) is 11.3 Å². The van der Waals surface area contributed by atoms with Crippen molar-refractivity contribution in [2.45, 2.75) is 19.5 Å². The lowest BCUT2D eigenvalue weighted by Crippen LogP contribution is -2.30. The fourth-order valence-corrected chi connectivity index (χ4v) is 3.56. The molecule has 1 aromatic carbocycles. The number of hydrogen-bond acceptors (Lipinski definition) is 6. The van der Waals surface area contributed by atoms with Crippen LogP contribution in [0.5, 0.6) is 5.75 Å². The van der Waals surface area contributed by atoms with Crippen LogP contribution in [0.2, 0.25) is 0 Å². The fourth-order valence-electron chi connectivity index (χ4n) is 3.56. The first-order chi connectivity index (χ1) is 14.6. The van der Waals surface area contributed by atoms with Gasteiger partial charge in [0.05, 0.1) is 24.5 Å². The molecule has 1 aliphatic rings. The number of ether oxygens (including phenoxy) is 1. The Hall–Kier alpha value is -3.87. The highest BCUT2D eigenvalue weighted by molar-refractivity contribution is 6.15. The molecule has 0 aliphatic carbocycles. The molecule has 0 saturated heterocycles. The van der Waals surface area contributed by atoms with E-state index in [-0.39, 0.29) is 17.9 Å². The number of furan rings is 1. The van der Waals surface area contributed by atoms with Gasteiger partial charge >= 0.3 is 0 Å². The van der Waals surface area contributed by atoms with Gasteiger partial charge in [-0.25, -0.2) is 0 Å².